The highest BCUT2D eigenvalue weighted by Crippen LogP contribution is 2.06. The van der Waals surface area contributed by atoms with Crippen molar-refractivity contribution in [1.29, 1.82) is 0 Å². The summed E-state index contributed by atoms with van der Waals surface area (Å²) in [5.74, 6) is 5.72. The van der Waals surface area contributed by atoms with Gasteiger partial charge in [-0.2, -0.15) is 0 Å². The monoisotopic (exact) mass is 478 g/mol. The fraction of sp³-hybridized carbons (Fsp3) is 0.304. The molecular weight excluding hydrogens is 448 g/mol. The predicted molar refractivity (Wildman–Crippen MR) is 130 cm³/mol. The van der Waals surface area contributed by atoms with Crippen LogP contribution >= 0.6 is 0 Å². The van der Waals surface area contributed by atoms with Crippen LogP contribution in [0.5, 0.6) is 0 Å². The Morgan fingerprint density at radius 2 is 2.03 bits per heavy atom. The highest BCUT2D eigenvalue weighted by molar-refractivity contribution is 5.92. The average molecular weight is 479 g/mol. The molecule has 12 nitrogen and oxygen atoms in total. The fourth-order valence-electron chi connectivity index (χ4n) is 3.09. The van der Waals surface area contributed by atoms with Crippen LogP contribution in [0.3, 0.4) is 0 Å². The van der Waals surface area contributed by atoms with Crippen molar-refractivity contribution in [3.63, 3.8) is 0 Å². The minimum absolute atomic E-state index is 0.0153. The number of amides is 2. The van der Waals surface area contributed by atoms with Gasteiger partial charge in [0.05, 0.1) is 24.9 Å². The predicted octanol–water partition coefficient (Wildman–Crippen LogP) is 0.630. The summed E-state index contributed by atoms with van der Waals surface area (Å²) in [7, 11) is 0. The molecule has 6 N–H and O–H groups in total. The Kier molecular flexibility index (Phi) is 9.25. The molecule has 0 saturated carbocycles. The molecule has 0 unspecified atom stereocenters. The highest BCUT2D eigenvalue weighted by atomic mass is 16.2. The summed E-state index contributed by atoms with van der Waals surface area (Å²) >= 11 is 0. The largest absolute Gasteiger partial charge is 0.393 e. The molecule has 3 aromatic heterocycles. The number of carbonyl (C=O) groups is 2. The molecule has 184 valence electrons. The lowest BCUT2D eigenvalue weighted by atomic mass is 10.2. The van der Waals surface area contributed by atoms with E-state index in [0.717, 1.165) is 29.8 Å². The van der Waals surface area contributed by atoms with Gasteiger partial charge in [0.2, 0.25) is 5.91 Å². The maximum absolute atomic E-state index is 12.2. The Hall–Kier alpha value is -4.32. The van der Waals surface area contributed by atoms with Gasteiger partial charge in [0.25, 0.3) is 5.91 Å². The number of anilines is 1. The molecule has 35 heavy (non-hydrogen) atoms. The van der Waals surface area contributed by atoms with Gasteiger partial charge in [0.1, 0.15) is 5.70 Å². The molecule has 12 heteroatoms. The van der Waals surface area contributed by atoms with E-state index in [2.05, 4.69) is 30.9 Å². The fourth-order valence-corrected chi connectivity index (χ4v) is 3.09. The normalized spacial score (nSPS) is 11.2. The third-order valence-electron chi connectivity index (χ3n) is 4.92. The SMILES string of the molecule is Cc1ccc(CC(=O)Nc2cn(CCCCN(N)/C=C(\N)C(=O)NCc3ccccn3)nn2)cn1. The van der Waals surface area contributed by atoms with Crippen molar-refractivity contribution in [2.75, 3.05) is 11.9 Å². The number of aromatic nitrogens is 5. The topological polar surface area (TPSA) is 170 Å². The van der Waals surface area contributed by atoms with Gasteiger partial charge in [0, 0.05) is 37.4 Å². The van der Waals surface area contributed by atoms with E-state index >= 15 is 0 Å². The minimum atomic E-state index is -0.415. The molecule has 3 heterocycles. The number of nitrogens with zero attached hydrogens (tertiary/aromatic N) is 6. The molecule has 0 fully saturated rings. The van der Waals surface area contributed by atoms with Crippen LogP contribution < -0.4 is 22.2 Å². The summed E-state index contributed by atoms with van der Waals surface area (Å²) in [5, 5.41) is 14.8. The molecule has 0 atom stereocenters. The standard InChI is InChI=1S/C23H30N10O2/c1-17-7-8-18(13-27-17)12-22(34)29-21-16-33(31-30-21)11-5-4-10-32(25)15-20(24)23(35)28-14-19-6-2-3-9-26-19/h2-3,6-9,13,15-16H,4-5,10-12,14,24-25H2,1H3,(H,28,35)(H,29,34)/b20-15-. The van der Waals surface area contributed by atoms with E-state index in [4.69, 9.17) is 11.6 Å². The van der Waals surface area contributed by atoms with E-state index < -0.39 is 5.91 Å². The van der Waals surface area contributed by atoms with E-state index in [0.29, 0.717) is 18.9 Å². The summed E-state index contributed by atoms with van der Waals surface area (Å²) in [4.78, 5) is 32.6. The number of nitrogens with one attached hydrogen (secondary N) is 2. The van der Waals surface area contributed by atoms with Crippen LogP contribution in [-0.4, -0.2) is 48.3 Å². The molecule has 0 aliphatic heterocycles. The van der Waals surface area contributed by atoms with E-state index in [1.165, 1.54) is 11.2 Å². The third-order valence-corrected chi connectivity index (χ3v) is 4.92. The first-order chi connectivity index (χ1) is 16.9. The van der Waals surface area contributed by atoms with Crippen LogP contribution in [0, 0.1) is 6.92 Å². The molecule has 0 spiro atoms. The number of hydrogen-bond acceptors (Lipinski definition) is 9. The maximum atomic E-state index is 12.2. The number of carbonyl (C=O) groups excluding carboxylic acids is 2. The van der Waals surface area contributed by atoms with Gasteiger partial charge < -0.3 is 21.4 Å². The van der Waals surface area contributed by atoms with Crippen LogP contribution in [0.25, 0.3) is 0 Å². The summed E-state index contributed by atoms with van der Waals surface area (Å²) < 4.78 is 1.65. The molecule has 0 bridgehead atoms. The Bertz CT molecular complexity index is 1130. The first-order valence-electron chi connectivity index (χ1n) is 11.2. The van der Waals surface area contributed by atoms with Crippen molar-refractivity contribution in [3.8, 4) is 0 Å². The van der Waals surface area contributed by atoms with Crippen LogP contribution in [0.15, 0.2) is 60.8 Å². The zero-order chi connectivity index (χ0) is 25.0. The minimum Gasteiger partial charge on any atom is -0.393 e. The second-order valence-corrected chi connectivity index (χ2v) is 7.93. The van der Waals surface area contributed by atoms with Gasteiger partial charge in [-0.1, -0.05) is 17.3 Å². The lowest BCUT2D eigenvalue weighted by Gasteiger charge is -2.14. The van der Waals surface area contributed by atoms with Crippen molar-refractivity contribution >= 4 is 17.6 Å². The highest BCUT2D eigenvalue weighted by Gasteiger charge is 2.09. The van der Waals surface area contributed by atoms with E-state index in [-0.39, 0.29) is 24.6 Å². The van der Waals surface area contributed by atoms with Crippen molar-refractivity contribution in [1.82, 2.24) is 35.3 Å². The Balaban J connectivity index is 1.33. The molecule has 3 aromatic rings. The Morgan fingerprint density at radius 1 is 1.17 bits per heavy atom. The molecule has 3 rings (SSSR count). The van der Waals surface area contributed by atoms with Crippen molar-refractivity contribution in [2.45, 2.75) is 39.3 Å². The van der Waals surface area contributed by atoms with Gasteiger partial charge in [-0.15, -0.1) is 5.10 Å². The lowest BCUT2D eigenvalue weighted by molar-refractivity contribution is -0.118. The van der Waals surface area contributed by atoms with Crippen LogP contribution in [-0.2, 0) is 29.1 Å². The summed E-state index contributed by atoms with van der Waals surface area (Å²) in [6, 6.07) is 9.19. The number of rotatable bonds is 12. The number of hydrogen-bond donors (Lipinski definition) is 4. The first kappa shape index (κ1) is 25.3. The number of nitrogens with two attached hydrogens (primary N) is 2. The van der Waals surface area contributed by atoms with Gasteiger partial charge in [-0.3, -0.25) is 24.2 Å². The number of aryl methyl sites for hydroxylation is 2. The van der Waals surface area contributed by atoms with Gasteiger partial charge >= 0.3 is 0 Å². The van der Waals surface area contributed by atoms with Crippen molar-refractivity contribution in [3.05, 3.63) is 77.8 Å². The zero-order valence-corrected chi connectivity index (χ0v) is 19.6. The smallest absolute Gasteiger partial charge is 0.269 e. The molecule has 0 aromatic carbocycles. The molecule has 0 aliphatic rings. The number of pyridine rings is 2. The number of unbranched alkanes of at least 4 members (excludes halogenated alkanes) is 1. The van der Waals surface area contributed by atoms with E-state index in [9.17, 15) is 9.59 Å². The zero-order valence-electron chi connectivity index (χ0n) is 19.6. The van der Waals surface area contributed by atoms with Crippen molar-refractivity contribution in [2.24, 2.45) is 11.6 Å². The summed E-state index contributed by atoms with van der Waals surface area (Å²) in [6.45, 7) is 3.27. The molecule has 0 saturated heterocycles. The van der Waals surface area contributed by atoms with Gasteiger partial charge in [0.15, 0.2) is 5.82 Å². The average Bonchev–Trinajstić information content (AvgIpc) is 3.29. The molecular formula is C23H30N10O2. The second kappa shape index (κ2) is 12.8. The van der Waals surface area contributed by atoms with E-state index in [1.54, 1.807) is 29.3 Å². The third kappa shape index (κ3) is 8.85. The quantitative estimate of drug-likeness (QED) is 0.126. The van der Waals surface area contributed by atoms with Gasteiger partial charge in [-0.25, -0.2) is 5.84 Å². The molecule has 2 amide bonds. The Labute approximate surface area is 203 Å². The first-order valence-corrected chi connectivity index (χ1v) is 11.2. The van der Waals surface area contributed by atoms with Crippen LogP contribution in [0.2, 0.25) is 0 Å². The van der Waals surface area contributed by atoms with Crippen molar-refractivity contribution < 1.29 is 9.59 Å². The van der Waals surface area contributed by atoms with Crippen LogP contribution in [0.4, 0.5) is 5.82 Å². The second-order valence-electron chi connectivity index (χ2n) is 7.93. The maximum Gasteiger partial charge on any atom is 0.269 e. The summed E-state index contributed by atoms with van der Waals surface area (Å²) in [6.07, 6.45) is 8.13. The summed E-state index contributed by atoms with van der Waals surface area (Å²) in [5.41, 5.74) is 8.30. The van der Waals surface area contributed by atoms with Gasteiger partial charge in [-0.05, 0) is 43.5 Å². The lowest BCUT2D eigenvalue weighted by Crippen LogP contribution is -2.33. The molecule has 0 aliphatic carbocycles. The van der Waals surface area contributed by atoms with E-state index in [1.807, 2.05) is 31.2 Å². The molecule has 0 radical (unpaired) electrons. The van der Waals surface area contributed by atoms with Crippen LogP contribution in [0.1, 0.15) is 29.8 Å². The number of hydrazine groups is 1. The Morgan fingerprint density at radius 3 is 2.77 bits per heavy atom.